The predicted octanol–water partition coefficient (Wildman–Crippen LogP) is 3.25. The first-order chi connectivity index (χ1) is 11.7. The summed E-state index contributed by atoms with van der Waals surface area (Å²) in [5.41, 5.74) is 1.75. The van der Waals surface area contributed by atoms with Crippen molar-refractivity contribution in [3.05, 3.63) is 57.8 Å². The third-order valence-corrected chi connectivity index (χ3v) is 5.44. The van der Waals surface area contributed by atoms with Gasteiger partial charge in [-0.1, -0.05) is 24.3 Å². The number of morpholine rings is 1. The molecular weight excluding hydrogens is 320 g/mol. The summed E-state index contributed by atoms with van der Waals surface area (Å²) in [6.07, 6.45) is 0. The molecule has 1 aliphatic rings. The largest absolute Gasteiger partial charge is 0.379 e. The Balaban J connectivity index is 1.77. The van der Waals surface area contributed by atoms with Crippen LogP contribution in [-0.4, -0.2) is 43.2 Å². The quantitative estimate of drug-likeness (QED) is 0.905. The highest BCUT2D eigenvalue weighted by Gasteiger charge is 2.29. The van der Waals surface area contributed by atoms with Crippen molar-refractivity contribution in [2.24, 2.45) is 0 Å². The molecule has 24 heavy (non-hydrogen) atoms. The number of ether oxygens (including phenoxy) is 1. The summed E-state index contributed by atoms with van der Waals surface area (Å²) >= 11 is 1.75. The lowest BCUT2D eigenvalue weighted by Crippen LogP contribution is -2.48. The molecule has 1 fully saturated rings. The third kappa shape index (κ3) is 3.86. The second kappa shape index (κ2) is 7.92. The minimum Gasteiger partial charge on any atom is -0.379 e. The molecule has 0 aliphatic carbocycles. The maximum Gasteiger partial charge on any atom is 0.251 e. The standard InChI is InChI=1S/C19H24N2O2S/c1-14-6-3-4-7-16(14)19(22)20-15(2)18(17-8-5-13-24-17)21-9-11-23-12-10-21/h3-8,13,15,18H,9-12H2,1-2H3,(H,20,22)/t15-,18+/m1/s1. The molecule has 0 unspecified atom stereocenters. The van der Waals surface area contributed by atoms with Crippen molar-refractivity contribution >= 4 is 17.2 Å². The average Bonchev–Trinajstić information content (AvgIpc) is 3.10. The molecule has 2 heterocycles. The van der Waals surface area contributed by atoms with Gasteiger partial charge in [0.2, 0.25) is 0 Å². The molecule has 2 atom stereocenters. The smallest absolute Gasteiger partial charge is 0.251 e. The zero-order chi connectivity index (χ0) is 16.9. The number of carbonyl (C=O) groups excluding carboxylic acids is 1. The number of nitrogens with one attached hydrogen (secondary N) is 1. The van der Waals surface area contributed by atoms with Crippen LogP contribution in [0.5, 0.6) is 0 Å². The zero-order valence-electron chi connectivity index (χ0n) is 14.2. The van der Waals surface area contributed by atoms with Gasteiger partial charge < -0.3 is 10.1 Å². The van der Waals surface area contributed by atoms with Crippen LogP contribution in [0.4, 0.5) is 0 Å². The van der Waals surface area contributed by atoms with E-state index < -0.39 is 0 Å². The predicted molar refractivity (Wildman–Crippen MR) is 97.6 cm³/mol. The highest BCUT2D eigenvalue weighted by atomic mass is 32.1. The lowest BCUT2D eigenvalue weighted by Gasteiger charge is -2.37. The van der Waals surface area contributed by atoms with Gasteiger partial charge in [0.25, 0.3) is 5.91 Å². The van der Waals surface area contributed by atoms with E-state index in [0.29, 0.717) is 0 Å². The van der Waals surface area contributed by atoms with Gasteiger partial charge in [0, 0.05) is 29.6 Å². The van der Waals surface area contributed by atoms with E-state index in [2.05, 4.69) is 34.7 Å². The number of carbonyl (C=O) groups is 1. The van der Waals surface area contributed by atoms with E-state index in [1.807, 2.05) is 31.2 Å². The Morgan fingerprint density at radius 3 is 2.62 bits per heavy atom. The van der Waals surface area contributed by atoms with Gasteiger partial charge in [-0.15, -0.1) is 11.3 Å². The van der Waals surface area contributed by atoms with Crippen LogP contribution in [0.15, 0.2) is 41.8 Å². The van der Waals surface area contributed by atoms with E-state index in [9.17, 15) is 4.79 Å². The molecule has 1 aliphatic heterocycles. The number of benzene rings is 1. The molecule has 0 bridgehead atoms. The summed E-state index contributed by atoms with van der Waals surface area (Å²) in [6, 6.07) is 12.1. The monoisotopic (exact) mass is 344 g/mol. The third-order valence-electron chi connectivity index (χ3n) is 4.50. The van der Waals surface area contributed by atoms with E-state index in [4.69, 9.17) is 4.74 Å². The van der Waals surface area contributed by atoms with Gasteiger partial charge in [-0.25, -0.2) is 0 Å². The van der Waals surface area contributed by atoms with Crippen LogP contribution in [-0.2, 0) is 4.74 Å². The highest BCUT2D eigenvalue weighted by molar-refractivity contribution is 7.10. The van der Waals surface area contributed by atoms with Crippen LogP contribution >= 0.6 is 11.3 Å². The topological polar surface area (TPSA) is 41.6 Å². The normalized spacial score (nSPS) is 18.1. The van der Waals surface area contributed by atoms with Crippen molar-refractivity contribution in [1.82, 2.24) is 10.2 Å². The molecule has 1 amide bonds. The second-order valence-electron chi connectivity index (χ2n) is 6.19. The van der Waals surface area contributed by atoms with Crippen LogP contribution in [0.3, 0.4) is 0 Å². The van der Waals surface area contributed by atoms with Crippen LogP contribution in [0.1, 0.15) is 33.8 Å². The Labute approximate surface area is 147 Å². The fourth-order valence-corrected chi connectivity index (χ4v) is 4.21. The number of rotatable bonds is 5. The molecule has 128 valence electrons. The van der Waals surface area contributed by atoms with Crippen molar-refractivity contribution in [1.29, 1.82) is 0 Å². The van der Waals surface area contributed by atoms with Gasteiger partial charge >= 0.3 is 0 Å². The van der Waals surface area contributed by atoms with E-state index in [1.165, 1.54) is 4.88 Å². The van der Waals surface area contributed by atoms with E-state index in [0.717, 1.165) is 37.4 Å². The minimum atomic E-state index is -0.00424. The van der Waals surface area contributed by atoms with Gasteiger partial charge in [-0.05, 0) is 36.9 Å². The van der Waals surface area contributed by atoms with Gasteiger partial charge in [0.15, 0.2) is 0 Å². The van der Waals surface area contributed by atoms with Crippen molar-refractivity contribution in [2.75, 3.05) is 26.3 Å². The molecule has 1 saturated heterocycles. The summed E-state index contributed by atoms with van der Waals surface area (Å²) in [6.45, 7) is 7.36. The molecule has 1 N–H and O–H groups in total. The van der Waals surface area contributed by atoms with Gasteiger partial charge in [0.05, 0.1) is 19.3 Å². The number of aryl methyl sites for hydroxylation is 1. The molecular formula is C19H24N2O2S. The van der Waals surface area contributed by atoms with Gasteiger partial charge in [-0.3, -0.25) is 9.69 Å². The summed E-state index contributed by atoms with van der Waals surface area (Å²) < 4.78 is 5.49. The molecule has 0 spiro atoms. The summed E-state index contributed by atoms with van der Waals surface area (Å²) in [7, 11) is 0. The number of hydrogen-bond acceptors (Lipinski definition) is 4. The Bertz CT molecular complexity index is 666. The Hall–Kier alpha value is -1.69. The molecule has 0 radical (unpaired) electrons. The first-order valence-corrected chi connectivity index (χ1v) is 9.26. The maximum atomic E-state index is 12.7. The maximum absolute atomic E-state index is 12.7. The van der Waals surface area contributed by atoms with E-state index in [1.54, 1.807) is 11.3 Å². The number of thiophene rings is 1. The Morgan fingerprint density at radius 2 is 1.96 bits per heavy atom. The highest BCUT2D eigenvalue weighted by Crippen LogP contribution is 2.29. The molecule has 5 heteroatoms. The van der Waals surface area contributed by atoms with Crippen molar-refractivity contribution in [3.8, 4) is 0 Å². The fourth-order valence-electron chi connectivity index (χ4n) is 3.25. The summed E-state index contributed by atoms with van der Waals surface area (Å²) in [4.78, 5) is 16.4. The molecule has 2 aromatic rings. The SMILES string of the molecule is Cc1ccccc1C(=O)N[C@H](C)[C@@H](c1cccs1)N1CCOCC1. The fraction of sp³-hybridized carbons (Fsp3) is 0.421. The van der Waals surface area contributed by atoms with Crippen LogP contribution in [0, 0.1) is 6.92 Å². The number of amides is 1. The van der Waals surface area contributed by atoms with Crippen LogP contribution < -0.4 is 5.32 Å². The summed E-state index contributed by atoms with van der Waals surface area (Å²) in [5.74, 6) is -0.00424. The molecule has 1 aromatic carbocycles. The number of hydrogen-bond donors (Lipinski definition) is 1. The lowest BCUT2D eigenvalue weighted by atomic mass is 10.0. The second-order valence-corrected chi connectivity index (χ2v) is 7.16. The summed E-state index contributed by atoms with van der Waals surface area (Å²) in [5, 5.41) is 5.30. The first-order valence-electron chi connectivity index (χ1n) is 8.38. The Morgan fingerprint density at radius 1 is 1.21 bits per heavy atom. The van der Waals surface area contributed by atoms with E-state index in [-0.39, 0.29) is 18.0 Å². The van der Waals surface area contributed by atoms with Crippen molar-refractivity contribution < 1.29 is 9.53 Å². The first kappa shape index (κ1) is 17.1. The zero-order valence-corrected chi connectivity index (χ0v) is 15.0. The molecule has 3 rings (SSSR count). The number of nitrogens with zero attached hydrogens (tertiary/aromatic N) is 1. The van der Waals surface area contributed by atoms with Crippen molar-refractivity contribution in [3.63, 3.8) is 0 Å². The van der Waals surface area contributed by atoms with Crippen LogP contribution in [0.2, 0.25) is 0 Å². The minimum absolute atomic E-state index is 0.00424. The van der Waals surface area contributed by atoms with Crippen LogP contribution in [0.25, 0.3) is 0 Å². The molecule has 0 saturated carbocycles. The lowest BCUT2D eigenvalue weighted by molar-refractivity contribution is 0.00969. The van der Waals surface area contributed by atoms with Gasteiger partial charge in [-0.2, -0.15) is 0 Å². The Kier molecular flexibility index (Phi) is 5.66. The molecule has 1 aromatic heterocycles. The van der Waals surface area contributed by atoms with E-state index >= 15 is 0 Å². The van der Waals surface area contributed by atoms with Gasteiger partial charge in [0.1, 0.15) is 0 Å². The average molecular weight is 344 g/mol. The molecule has 4 nitrogen and oxygen atoms in total. The van der Waals surface area contributed by atoms with Crippen molar-refractivity contribution in [2.45, 2.75) is 25.9 Å².